The summed E-state index contributed by atoms with van der Waals surface area (Å²) >= 11 is 0. The molecule has 0 amide bonds. The fourth-order valence-corrected chi connectivity index (χ4v) is 7.11. The van der Waals surface area contributed by atoms with Crippen LogP contribution in [0, 0.1) is 28.6 Å². The van der Waals surface area contributed by atoms with Crippen LogP contribution in [-0.4, -0.2) is 35.5 Å². The van der Waals surface area contributed by atoms with Crippen molar-refractivity contribution >= 4 is 5.97 Å². The molecule has 3 rings (SSSR count). The molecule has 7 atom stereocenters. The Labute approximate surface area is 183 Å². The monoisotopic (exact) mass is 424 g/mol. The van der Waals surface area contributed by atoms with E-state index >= 15 is 0 Å². The van der Waals surface area contributed by atoms with E-state index in [4.69, 9.17) is 14.5 Å². The van der Waals surface area contributed by atoms with Crippen LogP contribution in [0.4, 0.5) is 0 Å². The number of methoxy groups -OCH3 is 1. The minimum absolute atomic E-state index is 0.0553. The summed E-state index contributed by atoms with van der Waals surface area (Å²) in [6, 6.07) is 0. The molecule has 0 radical (unpaired) electrons. The lowest BCUT2D eigenvalue weighted by Crippen LogP contribution is -2.62. The van der Waals surface area contributed by atoms with E-state index in [0.717, 1.165) is 38.5 Å². The van der Waals surface area contributed by atoms with Gasteiger partial charge in [0.1, 0.15) is 11.7 Å². The van der Waals surface area contributed by atoms with Gasteiger partial charge < -0.3 is 9.84 Å². The minimum Gasteiger partial charge on any atom is -0.469 e. The highest BCUT2D eigenvalue weighted by atomic mass is 17.2. The summed E-state index contributed by atoms with van der Waals surface area (Å²) in [5, 5.41) is 12.2. The lowest BCUT2D eigenvalue weighted by Gasteiger charge is -2.63. The quantitative estimate of drug-likeness (QED) is 0.470. The average molecular weight is 425 g/mol. The molecule has 174 valence electrons. The van der Waals surface area contributed by atoms with E-state index in [1.807, 2.05) is 6.92 Å². The van der Waals surface area contributed by atoms with Crippen molar-refractivity contribution in [3.8, 4) is 0 Å². The predicted octanol–water partition coefficient (Wildman–Crippen LogP) is 5.44. The van der Waals surface area contributed by atoms with Crippen molar-refractivity contribution in [2.75, 3.05) is 7.11 Å². The Kier molecular flexibility index (Phi) is 6.69. The molecule has 5 nitrogen and oxygen atoms in total. The zero-order valence-corrected chi connectivity index (χ0v) is 20.3. The van der Waals surface area contributed by atoms with Crippen molar-refractivity contribution in [1.29, 1.82) is 0 Å². The Morgan fingerprint density at radius 1 is 1.10 bits per heavy atom. The second-order valence-electron chi connectivity index (χ2n) is 11.7. The van der Waals surface area contributed by atoms with Gasteiger partial charge in [0, 0.05) is 0 Å². The molecule has 1 N–H and O–H groups in total. The summed E-state index contributed by atoms with van der Waals surface area (Å²) in [5.41, 5.74) is -0.891. The highest BCUT2D eigenvalue weighted by Gasteiger charge is 2.61. The topological polar surface area (TPSA) is 65.0 Å². The Hall–Kier alpha value is -0.650. The molecular weight excluding hydrogens is 380 g/mol. The molecule has 2 aliphatic carbocycles. The van der Waals surface area contributed by atoms with E-state index in [-0.39, 0.29) is 34.7 Å². The Bertz CT molecular complexity index is 623. The maximum Gasteiger partial charge on any atom is 0.311 e. The van der Waals surface area contributed by atoms with Crippen LogP contribution in [0.1, 0.15) is 99.3 Å². The first-order valence-electron chi connectivity index (χ1n) is 12.0. The van der Waals surface area contributed by atoms with Gasteiger partial charge in [-0.15, -0.1) is 0 Å². The van der Waals surface area contributed by atoms with Crippen molar-refractivity contribution < 1.29 is 24.4 Å². The van der Waals surface area contributed by atoms with Gasteiger partial charge in [-0.2, -0.15) is 0 Å². The summed E-state index contributed by atoms with van der Waals surface area (Å²) in [6.45, 7) is 13.3. The molecule has 1 heterocycles. The summed E-state index contributed by atoms with van der Waals surface area (Å²) in [6.07, 6.45) is 8.65. The molecule has 3 fully saturated rings. The fourth-order valence-electron chi connectivity index (χ4n) is 7.11. The predicted molar refractivity (Wildman–Crippen MR) is 117 cm³/mol. The number of carbonyl (C=O) groups excluding carboxylic acids is 1. The van der Waals surface area contributed by atoms with E-state index in [0.29, 0.717) is 5.92 Å². The van der Waals surface area contributed by atoms with Crippen LogP contribution in [0.15, 0.2) is 0 Å². The summed E-state index contributed by atoms with van der Waals surface area (Å²) in [5.74, 6) is 0.233. The third-order valence-corrected chi connectivity index (χ3v) is 9.42. The van der Waals surface area contributed by atoms with Crippen LogP contribution >= 0.6 is 0 Å². The van der Waals surface area contributed by atoms with Gasteiger partial charge in [-0.3, -0.25) is 4.79 Å². The molecule has 5 heteroatoms. The largest absolute Gasteiger partial charge is 0.469 e. The summed E-state index contributed by atoms with van der Waals surface area (Å²) in [4.78, 5) is 23.3. The second kappa shape index (κ2) is 8.37. The molecule has 3 unspecified atom stereocenters. The number of fused-ring (bicyclic) bond motifs is 1. The molecule has 3 aliphatic rings. The molecule has 30 heavy (non-hydrogen) atoms. The van der Waals surface area contributed by atoms with Crippen molar-refractivity contribution in [2.45, 2.75) is 117 Å². The first kappa shape index (κ1) is 24.0. The normalized spacial score (nSPS) is 44.7. The molecule has 2 saturated carbocycles. The van der Waals surface area contributed by atoms with Crippen LogP contribution in [0.25, 0.3) is 0 Å². The SMILES string of the molecule is COC(=O)C(C)C1CCC(C)(CC[C@@]2(O)[C@H](C)CC[C@H]3C(C)(C)CCC[C@@]32C)OO1. The number of aliphatic hydroxyl groups is 1. The first-order valence-corrected chi connectivity index (χ1v) is 12.0. The number of carbonyl (C=O) groups is 1. The maximum absolute atomic E-state index is 12.2. The fraction of sp³-hybridized carbons (Fsp3) is 0.960. The molecule has 0 aromatic heterocycles. The summed E-state index contributed by atoms with van der Waals surface area (Å²) < 4.78 is 4.84. The van der Waals surface area contributed by atoms with Crippen molar-refractivity contribution in [1.82, 2.24) is 0 Å². The highest BCUT2D eigenvalue weighted by molar-refractivity contribution is 5.72. The van der Waals surface area contributed by atoms with Crippen LogP contribution in [-0.2, 0) is 19.3 Å². The van der Waals surface area contributed by atoms with E-state index in [2.05, 4.69) is 34.6 Å². The van der Waals surface area contributed by atoms with Gasteiger partial charge >= 0.3 is 5.97 Å². The van der Waals surface area contributed by atoms with Crippen LogP contribution in [0.3, 0.4) is 0 Å². The van der Waals surface area contributed by atoms with E-state index < -0.39 is 11.2 Å². The van der Waals surface area contributed by atoms with Crippen molar-refractivity contribution in [2.24, 2.45) is 28.6 Å². The number of hydrogen-bond acceptors (Lipinski definition) is 5. The third-order valence-electron chi connectivity index (χ3n) is 9.42. The Balaban J connectivity index is 1.69. The van der Waals surface area contributed by atoms with Crippen LogP contribution in [0.5, 0.6) is 0 Å². The van der Waals surface area contributed by atoms with E-state index in [1.165, 1.54) is 26.4 Å². The molecule has 0 spiro atoms. The molecule has 0 aromatic rings. The van der Waals surface area contributed by atoms with Gasteiger partial charge in [0.2, 0.25) is 0 Å². The van der Waals surface area contributed by atoms with Gasteiger partial charge in [-0.05, 0) is 87.9 Å². The smallest absolute Gasteiger partial charge is 0.311 e. The van der Waals surface area contributed by atoms with Crippen molar-refractivity contribution in [3.63, 3.8) is 0 Å². The number of hydrogen-bond donors (Lipinski definition) is 1. The lowest BCUT2D eigenvalue weighted by atomic mass is 9.44. The Morgan fingerprint density at radius 2 is 1.80 bits per heavy atom. The molecule has 0 bridgehead atoms. The molecule has 1 aliphatic heterocycles. The van der Waals surface area contributed by atoms with E-state index in [9.17, 15) is 9.90 Å². The van der Waals surface area contributed by atoms with Crippen LogP contribution in [0.2, 0.25) is 0 Å². The second-order valence-corrected chi connectivity index (χ2v) is 11.7. The molecule has 0 aromatic carbocycles. The lowest BCUT2D eigenvalue weighted by molar-refractivity contribution is -0.412. The van der Waals surface area contributed by atoms with Crippen molar-refractivity contribution in [3.05, 3.63) is 0 Å². The maximum atomic E-state index is 12.2. The zero-order chi connectivity index (χ0) is 22.4. The number of rotatable bonds is 5. The van der Waals surface area contributed by atoms with Crippen LogP contribution < -0.4 is 0 Å². The van der Waals surface area contributed by atoms with E-state index in [1.54, 1.807) is 0 Å². The van der Waals surface area contributed by atoms with Gasteiger partial charge in [-0.1, -0.05) is 34.1 Å². The zero-order valence-electron chi connectivity index (χ0n) is 20.3. The van der Waals surface area contributed by atoms with Gasteiger partial charge in [0.25, 0.3) is 0 Å². The number of ether oxygens (including phenoxy) is 1. The highest BCUT2D eigenvalue weighted by Crippen LogP contribution is 2.64. The van der Waals surface area contributed by atoms with Gasteiger partial charge in [0.15, 0.2) is 0 Å². The first-order chi connectivity index (χ1) is 13.9. The summed E-state index contributed by atoms with van der Waals surface area (Å²) in [7, 11) is 1.40. The number of esters is 1. The standard InChI is InChI=1S/C25H44O5/c1-17-9-10-20-22(3,4)12-8-13-24(20,6)25(17,27)16-15-23(5)14-11-19(29-30-23)18(2)21(26)28-7/h17-20,27H,8-16H2,1-7H3/t17-,18?,19?,20+,23?,24+,25-/m1/s1. The minimum atomic E-state index is -0.684. The molecular formula is C25H44O5. The molecule has 1 saturated heterocycles. The average Bonchev–Trinajstić information content (AvgIpc) is 2.69. The van der Waals surface area contributed by atoms with Gasteiger partial charge in [0.05, 0.1) is 18.6 Å². The van der Waals surface area contributed by atoms with Gasteiger partial charge in [-0.25, -0.2) is 9.78 Å². The third kappa shape index (κ3) is 4.06. The Morgan fingerprint density at radius 3 is 2.40 bits per heavy atom.